The molecule has 3 fully saturated rings. The van der Waals surface area contributed by atoms with Crippen molar-refractivity contribution in [2.75, 3.05) is 21.1 Å². The molecule has 3 rings (SSSR count). The summed E-state index contributed by atoms with van der Waals surface area (Å²) >= 11 is 0. The van der Waals surface area contributed by atoms with E-state index in [9.17, 15) is 0 Å². The molecule has 0 amide bonds. The minimum absolute atomic E-state index is 0.202. The third kappa shape index (κ3) is 9.75. The Kier molecular flexibility index (Phi) is 14.8. The number of likely N-dealkylation sites (tertiary alicyclic amines) is 3. The van der Waals surface area contributed by atoms with Gasteiger partial charge in [-0.1, -0.05) is 84.5 Å². The van der Waals surface area contributed by atoms with Crippen molar-refractivity contribution >= 4 is 0 Å². The molecule has 1 unspecified atom stereocenters. The fraction of sp³-hybridized carbons (Fsp3) is 1.00. The third-order valence-corrected chi connectivity index (χ3v) is 16.3. The van der Waals surface area contributed by atoms with Crippen molar-refractivity contribution in [1.82, 2.24) is 14.7 Å². The van der Waals surface area contributed by atoms with Crippen molar-refractivity contribution in [2.24, 2.45) is 29.1 Å². The lowest BCUT2D eigenvalue weighted by Crippen LogP contribution is -2.67. The van der Waals surface area contributed by atoms with Crippen LogP contribution in [0.5, 0.6) is 0 Å². The van der Waals surface area contributed by atoms with Gasteiger partial charge in [0.2, 0.25) is 0 Å². The van der Waals surface area contributed by atoms with Gasteiger partial charge in [0.05, 0.1) is 0 Å². The summed E-state index contributed by atoms with van der Waals surface area (Å²) in [5.74, 6) is 3.07. The third-order valence-electron chi connectivity index (χ3n) is 16.3. The number of hydrogen-bond acceptors (Lipinski definition) is 3. The molecule has 3 saturated heterocycles. The van der Waals surface area contributed by atoms with Crippen LogP contribution >= 0.6 is 0 Å². The van der Waals surface area contributed by atoms with E-state index in [2.05, 4.69) is 133 Å². The zero-order chi connectivity index (χ0) is 38.0. The standard InChI is InChI=1S/C47H93N3/c1-18-20-22-23-24-25-26-27-28-29-40(37-31-41(3,4)48(15)42(5,6)32-37)47(30-21-19-2,38-33-43(7,8)49(16)44(9,10)34-38)39-35-45(11,12)50(17)46(13,14)36-39/h37-40H,18-36H2,1-17H3. The predicted octanol–water partition coefficient (Wildman–Crippen LogP) is 13.4. The Labute approximate surface area is 316 Å². The van der Waals surface area contributed by atoms with Crippen LogP contribution in [0, 0.1) is 29.1 Å². The largest absolute Gasteiger partial charge is 0.296 e. The van der Waals surface area contributed by atoms with Crippen molar-refractivity contribution < 1.29 is 0 Å². The first-order valence-corrected chi connectivity index (χ1v) is 22.1. The van der Waals surface area contributed by atoms with E-state index < -0.39 is 0 Å². The molecule has 0 aromatic heterocycles. The highest BCUT2D eigenvalue weighted by Crippen LogP contribution is 2.64. The van der Waals surface area contributed by atoms with E-state index in [4.69, 9.17) is 0 Å². The van der Waals surface area contributed by atoms with Gasteiger partial charge in [-0.05, 0) is 185 Å². The average Bonchev–Trinajstić information content (AvgIpc) is 2.98. The van der Waals surface area contributed by atoms with Crippen LogP contribution in [-0.2, 0) is 0 Å². The molecule has 1 atom stereocenters. The first-order valence-electron chi connectivity index (χ1n) is 22.1. The molecular weight excluding hydrogens is 607 g/mol. The Balaban J connectivity index is 2.20. The molecular formula is C47H93N3. The highest BCUT2D eigenvalue weighted by molar-refractivity contribution is 5.13. The molecule has 0 spiro atoms. The van der Waals surface area contributed by atoms with Gasteiger partial charge in [0, 0.05) is 33.2 Å². The Morgan fingerprint density at radius 3 is 1.08 bits per heavy atom. The van der Waals surface area contributed by atoms with E-state index in [-0.39, 0.29) is 33.2 Å². The van der Waals surface area contributed by atoms with Crippen LogP contribution in [0.15, 0.2) is 0 Å². The van der Waals surface area contributed by atoms with E-state index in [0.717, 1.165) is 23.7 Å². The van der Waals surface area contributed by atoms with E-state index in [0.29, 0.717) is 5.41 Å². The van der Waals surface area contributed by atoms with Crippen molar-refractivity contribution in [3.63, 3.8) is 0 Å². The fourth-order valence-electron chi connectivity index (χ4n) is 12.9. The highest BCUT2D eigenvalue weighted by Gasteiger charge is 2.61. The molecule has 50 heavy (non-hydrogen) atoms. The minimum atomic E-state index is 0.202. The normalized spacial score (nSPS) is 27.1. The van der Waals surface area contributed by atoms with Gasteiger partial charge in [-0.15, -0.1) is 0 Å². The number of piperidine rings is 3. The lowest BCUT2D eigenvalue weighted by Gasteiger charge is -2.67. The predicted molar refractivity (Wildman–Crippen MR) is 223 cm³/mol. The maximum atomic E-state index is 2.76. The van der Waals surface area contributed by atoms with Crippen LogP contribution < -0.4 is 0 Å². The summed E-state index contributed by atoms with van der Waals surface area (Å²) < 4.78 is 0. The number of rotatable bonds is 17. The summed E-state index contributed by atoms with van der Waals surface area (Å²) in [6.07, 6.45) is 26.5. The number of nitrogens with zero attached hydrogens (tertiary/aromatic N) is 3. The molecule has 0 aromatic rings. The van der Waals surface area contributed by atoms with Gasteiger partial charge >= 0.3 is 0 Å². The summed E-state index contributed by atoms with van der Waals surface area (Å²) in [6.45, 7) is 35.8. The molecule has 0 saturated carbocycles. The van der Waals surface area contributed by atoms with Crippen LogP contribution in [0.1, 0.15) is 219 Å². The molecule has 3 aliphatic heterocycles. The van der Waals surface area contributed by atoms with Gasteiger partial charge in [0.15, 0.2) is 0 Å². The quantitative estimate of drug-likeness (QED) is 0.140. The SMILES string of the molecule is CCCCCCCCCCCC(C1CC(C)(C)N(C)C(C)(C)C1)C(CCCC)(C1CC(C)(C)N(C)C(C)(C)C1)C1CC(C)(C)N(C)C(C)(C)C1. The maximum absolute atomic E-state index is 2.76. The summed E-state index contributed by atoms with van der Waals surface area (Å²) in [5, 5.41) is 0. The van der Waals surface area contributed by atoms with Gasteiger partial charge in [0.1, 0.15) is 0 Å². The molecule has 296 valence electrons. The fourth-order valence-corrected chi connectivity index (χ4v) is 12.9. The van der Waals surface area contributed by atoms with Crippen molar-refractivity contribution in [3.05, 3.63) is 0 Å². The minimum Gasteiger partial charge on any atom is -0.296 e. The number of unbranched alkanes of at least 4 members (excludes halogenated alkanes) is 9. The van der Waals surface area contributed by atoms with Crippen LogP contribution in [0.25, 0.3) is 0 Å². The van der Waals surface area contributed by atoms with Gasteiger partial charge < -0.3 is 0 Å². The van der Waals surface area contributed by atoms with Crippen molar-refractivity contribution in [1.29, 1.82) is 0 Å². The van der Waals surface area contributed by atoms with Gasteiger partial charge in [0.25, 0.3) is 0 Å². The molecule has 0 aliphatic carbocycles. The van der Waals surface area contributed by atoms with Crippen LogP contribution in [0.2, 0.25) is 0 Å². The molecule has 0 N–H and O–H groups in total. The van der Waals surface area contributed by atoms with Gasteiger partial charge in [-0.2, -0.15) is 0 Å². The Morgan fingerprint density at radius 2 is 0.740 bits per heavy atom. The van der Waals surface area contributed by atoms with E-state index in [1.807, 2.05) is 0 Å². The molecule has 3 heteroatoms. The van der Waals surface area contributed by atoms with Crippen molar-refractivity contribution in [3.8, 4) is 0 Å². The zero-order valence-corrected chi connectivity index (χ0v) is 37.6. The summed E-state index contributed by atoms with van der Waals surface area (Å²) in [5.41, 5.74) is 1.60. The second kappa shape index (κ2) is 16.7. The zero-order valence-electron chi connectivity index (χ0n) is 37.6. The molecule has 0 radical (unpaired) electrons. The maximum Gasteiger partial charge on any atom is 0.0158 e. The topological polar surface area (TPSA) is 9.72 Å². The van der Waals surface area contributed by atoms with Crippen LogP contribution in [0.3, 0.4) is 0 Å². The monoisotopic (exact) mass is 700 g/mol. The summed E-state index contributed by atoms with van der Waals surface area (Å²) in [6, 6.07) is 0. The molecule has 0 bridgehead atoms. The van der Waals surface area contributed by atoms with Crippen molar-refractivity contribution in [2.45, 2.75) is 252 Å². The Bertz CT molecular complexity index is 937. The average molecular weight is 700 g/mol. The highest BCUT2D eigenvalue weighted by atomic mass is 15.3. The Morgan fingerprint density at radius 1 is 0.440 bits per heavy atom. The molecule has 3 nitrogen and oxygen atoms in total. The van der Waals surface area contributed by atoms with Crippen LogP contribution in [0.4, 0.5) is 0 Å². The smallest absolute Gasteiger partial charge is 0.0158 e. The molecule has 3 heterocycles. The summed E-state index contributed by atoms with van der Waals surface area (Å²) in [4.78, 5) is 8.28. The van der Waals surface area contributed by atoms with E-state index in [1.165, 1.54) is 122 Å². The second-order valence-corrected chi connectivity index (χ2v) is 22.4. The van der Waals surface area contributed by atoms with E-state index in [1.54, 1.807) is 0 Å². The Hall–Kier alpha value is -0.120. The first kappa shape index (κ1) is 44.3. The van der Waals surface area contributed by atoms with Gasteiger partial charge in [-0.3, -0.25) is 14.7 Å². The van der Waals surface area contributed by atoms with Crippen LogP contribution in [-0.4, -0.2) is 69.1 Å². The lowest BCUT2D eigenvalue weighted by atomic mass is 9.45. The first-order chi connectivity index (χ1) is 22.9. The molecule has 3 aliphatic rings. The molecule has 0 aromatic carbocycles. The number of hydrogen-bond donors (Lipinski definition) is 0. The summed E-state index contributed by atoms with van der Waals surface area (Å²) in [7, 11) is 7.31. The van der Waals surface area contributed by atoms with Gasteiger partial charge in [-0.25, -0.2) is 0 Å². The second-order valence-electron chi connectivity index (χ2n) is 22.4. The van der Waals surface area contributed by atoms with E-state index >= 15 is 0 Å². The lowest BCUT2D eigenvalue weighted by molar-refractivity contribution is -0.169.